The molecule has 0 aliphatic carbocycles. The summed E-state index contributed by atoms with van der Waals surface area (Å²) in [7, 11) is 0. The molecule has 0 aliphatic rings. The van der Waals surface area contributed by atoms with E-state index in [4.69, 9.17) is 27.9 Å². The Labute approximate surface area is 359 Å². The number of esters is 1. The van der Waals surface area contributed by atoms with Crippen LogP contribution in [0.1, 0.15) is 27.9 Å². The predicted molar refractivity (Wildman–Crippen MR) is 235 cm³/mol. The number of aromatic nitrogens is 2. The van der Waals surface area contributed by atoms with Gasteiger partial charge in [0.1, 0.15) is 11.4 Å². The van der Waals surface area contributed by atoms with Crippen LogP contribution in [-0.4, -0.2) is 44.0 Å². The van der Waals surface area contributed by atoms with Crippen molar-refractivity contribution in [2.24, 2.45) is 0 Å². The molecule has 0 fully saturated rings. The molecule has 0 unspecified atom stereocenters. The van der Waals surface area contributed by atoms with E-state index >= 15 is 0 Å². The van der Waals surface area contributed by atoms with E-state index in [0.29, 0.717) is 21.2 Å². The van der Waals surface area contributed by atoms with Crippen LogP contribution in [0.15, 0.2) is 155 Å². The lowest BCUT2D eigenvalue weighted by Gasteiger charge is -2.09. The van der Waals surface area contributed by atoms with E-state index in [2.05, 4.69) is 31.9 Å². The largest absolute Gasteiger partial charge is 0.475 e. The van der Waals surface area contributed by atoms with Gasteiger partial charge in [0.05, 0.1) is 17.6 Å². The van der Waals surface area contributed by atoms with Crippen molar-refractivity contribution in [2.45, 2.75) is 6.92 Å². The van der Waals surface area contributed by atoms with Crippen LogP contribution >= 0.6 is 55.1 Å². The van der Waals surface area contributed by atoms with Crippen LogP contribution in [0.2, 0.25) is 10.0 Å². The minimum atomic E-state index is -1.50. The van der Waals surface area contributed by atoms with E-state index < -0.39 is 23.5 Å². The number of rotatable bonds is 9. The van der Waals surface area contributed by atoms with Gasteiger partial charge in [-0.1, -0.05) is 116 Å². The van der Waals surface area contributed by atoms with E-state index in [1.165, 1.54) is 0 Å². The smallest absolute Gasteiger partial charge is 0.381 e. The number of carboxylic acids is 1. The molecule has 0 bridgehead atoms. The molecular weight excluding hydrogens is 907 g/mol. The van der Waals surface area contributed by atoms with E-state index in [9.17, 15) is 24.3 Å². The molecule has 0 atom stereocenters. The van der Waals surface area contributed by atoms with Crippen molar-refractivity contribution in [3.05, 3.63) is 176 Å². The van der Waals surface area contributed by atoms with Crippen LogP contribution in [-0.2, 0) is 14.3 Å². The summed E-state index contributed by atoms with van der Waals surface area (Å²) in [5.41, 5.74) is 8.14. The highest BCUT2D eigenvalue weighted by atomic mass is 79.9. The number of aliphatic carboxylic acids is 1. The van der Waals surface area contributed by atoms with Crippen molar-refractivity contribution in [3.63, 3.8) is 0 Å². The number of pyridine rings is 2. The third-order valence-electron chi connectivity index (χ3n) is 9.30. The normalized spacial score (nSPS) is 10.9. The summed E-state index contributed by atoms with van der Waals surface area (Å²) < 4.78 is 10.2. The SMILES string of the molecule is CCOC(=O)C(=O)c1c(-c2ccc(Br)cc2)c(-c2ccc(Cl)cc2)c2ccccn12.O=C(O)C(=O)c1c(-c2ccc(Br)cc2)c(-c2ccc(Cl)cc2)c2ccccn12. The standard InChI is InChI=1S/C24H17BrClNO3.C22H13BrClNO3/c1-2-30-24(29)23(28)22-21(16-6-10-17(25)11-7-16)20(15-8-12-18(26)13-9-15)19-5-3-4-14-27(19)22;23-15-8-4-14(5-9-15)19-18(13-6-10-16(24)11-7-13)17-3-1-2-12-25(17)20(19)21(26)22(27)28/h3-14H,2H2,1H3;1-12H,(H,27,28). The number of nitrogens with zero attached hydrogens (tertiary/aromatic N) is 2. The van der Waals surface area contributed by atoms with Crippen LogP contribution < -0.4 is 0 Å². The van der Waals surface area contributed by atoms with Gasteiger partial charge in [0.2, 0.25) is 0 Å². The predicted octanol–water partition coefficient (Wildman–Crippen LogP) is 12.4. The number of ketones is 2. The van der Waals surface area contributed by atoms with Crippen molar-refractivity contribution in [3.8, 4) is 44.5 Å². The zero-order valence-corrected chi connectivity index (χ0v) is 35.1. The Morgan fingerprint density at radius 1 is 0.534 bits per heavy atom. The fourth-order valence-corrected chi connectivity index (χ4v) is 7.65. The van der Waals surface area contributed by atoms with Crippen molar-refractivity contribution >= 4 is 89.6 Å². The van der Waals surface area contributed by atoms with Gasteiger partial charge in [0.15, 0.2) is 0 Å². The number of carbonyl (C=O) groups is 4. The number of carbonyl (C=O) groups excluding carboxylic acids is 3. The lowest BCUT2D eigenvalue weighted by molar-refractivity contribution is -0.137. The topological polar surface area (TPSA) is 107 Å². The zero-order chi connectivity index (χ0) is 41.1. The first-order chi connectivity index (χ1) is 28.0. The maximum atomic E-state index is 13.2. The highest BCUT2D eigenvalue weighted by Crippen LogP contribution is 2.43. The van der Waals surface area contributed by atoms with E-state index in [-0.39, 0.29) is 18.0 Å². The Balaban J connectivity index is 0.000000177. The van der Waals surface area contributed by atoms with Gasteiger partial charge in [-0.15, -0.1) is 0 Å². The first-order valence-electron chi connectivity index (χ1n) is 17.8. The summed E-state index contributed by atoms with van der Waals surface area (Å²) in [6.07, 6.45) is 3.48. The van der Waals surface area contributed by atoms with Gasteiger partial charge in [-0.05, 0) is 102 Å². The zero-order valence-electron chi connectivity index (χ0n) is 30.5. The quantitative estimate of drug-likeness (QED) is 0.0878. The van der Waals surface area contributed by atoms with E-state index in [1.807, 2.05) is 115 Å². The van der Waals surface area contributed by atoms with Gasteiger partial charge in [-0.3, -0.25) is 9.59 Å². The lowest BCUT2D eigenvalue weighted by atomic mass is 9.94. The molecule has 8 aromatic rings. The van der Waals surface area contributed by atoms with Gasteiger partial charge in [0, 0.05) is 53.6 Å². The number of Topliss-reactive ketones (excluding diaryl/α,β-unsaturated/α-hetero) is 2. The summed E-state index contributed by atoms with van der Waals surface area (Å²) in [5, 5.41) is 10.7. The van der Waals surface area contributed by atoms with Crippen LogP contribution in [0, 0.1) is 0 Å². The molecule has 58 heavy (non-hydrogen) atoms. The Hall–Kier alpha value is -5.78. The van der Waals surface area contributed by atoms with Crippen molar-refractivity contribution < 1.29 is 29.0 Å². The molecule has 1 N–H and O–H groups in total. The molecule has 0 amide bonds. The maximum absolute atomic E-state index is 13.2. The average molecular weight is 937 g/mol. The first kappa shape index (κ1) is 40.4. The highest BCUT2D eigenvalue weighted by Gasteiger charge is 2.31. The molecule has 0 radical (unpaired) electrons. The Morgan fingerprint density at radius 2 is 0.897 bits per heavy atom. The second kappa shape index (κ2) is 17.4. The van der Waals surface area contributed by atoms with Crippen LogP contribution in [0.5, 0.6) is 0 Å². The third kappa shape index (κ3) is 8.01. The number of carboxylic acid groups (broad SMARTS) is 1. The minimum Gasteiger partial charge on any atom is -0.475 e. The summed E-state index contributed by atoms with van der Waals surface area (Å²) in [4.78, 5) is 49.8. The molecular formula is C46H30Br2Cl2N2O6. The lowest BCUT2D eigenvalue weighted by Crippen LogP contribution is -2.20. The Morgan fingerprint density at radius 3 is 1.28 bits per heavy atom. The molecule has 4 heterocycles. The number of benzene rings is 4. The molecule has 0 saturated heterocycles. The van der Waals surface area contributed by atoms with E-state index in [1.54, 1.807) is 46.3 Å². The summed E-state index contributed by atoms with van der Waals surface area (Å²) in [5.74, 6) is -4.01. The third-order valence-corrected chi connectivity index (χ3v) is 10.9. The van der Waals surface area contributed by atoms with Crippen LogP contribution in [0.4, 0.5) is 0 Å². The fourth-order valence-electron chi connectivity index (χ4n) is 6.87. The number of ether oxygens (including phenoxy) is 1. The Kier molecular flexibility index (Phi) is 12.1. The minimum absolute atomic E-state index is 0.121. The first-order valence-corrected chi connectivity index (χ1v) is 20.1. The number of hydrogen-bond acceptors (Lipinski definition) is 5. The maximum Gasteiger partial charge on any atom is 0.381 e. The number of hydrogen-bond donors (Lipinski definition) is 1. The van der Waals surface area contributed by atoms with Gasteiger partial charge < -0.3 is 18.6 Å². The van der Waals surface area contributed by atoms with Crippen LogP contribution in [0.3, 0.4) is 0 Å². The Bertz CT molecular complexity index is 2850. The van der Waals surface area contributed by atoms with Gasteiger partial charge in [-0.25, -0.2) is 9.59 Å². The molecule has 12 heteroatoms. The summed E-state index contributed by atoms with van der Waals surface area (Å²) in [6.45, 7) is 1.81. The van der Waals surface area contributed by atoms with Crippen molar-refractivity contribution in [1.29, 1.82) is 0 Å². The molecule has 8 nitrogen and oxygen atoms in total. The van der Waals surface area contributed by atoms with E-state index in [0.717, 1.165) is 53.4 Å². The average Bonchev–Trinajstić information content (AvgIpc) is 3.75. The second-order valence-corrected chi connectivity index (χ2v) is 15.5. The van der Waals surface area contributed by atoms with Crippen LogP contribution in [0.25, 0.3) is 55.5 Å². The van der Waals surface area contributed by atoms with Gasteiger partial charge in [0.25, 0.3) is 11.6 Å². The molecule has 8 rings (SSSR count). The van der Waals surface area contributed by atoms with Crippen molar-refractivity contribution in [2.75, 3.05) is 6.61 Å². The summed E-state index contributed by atoms with van der Waals surface area (Å²) >= 11 is 19.0. The molecule has 288 valence electrons. The monoisotopic (exact) mass is 934 g/mol. The fraction of sp³-hybridized carbons (Fsp3) is 0.0435. The molecule has 0 aliphatic heterocycles. The molecule has 0 spiro atoms. The highest BCUT2D eigenvalue weighted by molar-refractivity contribution is 9.10. The summed E-state index contributed by atoms with van der Waals surface area (Å²) in [6, 6.07) is 40.9. The molecule has 0 saturated carbocycles. The van der Waals surface area contributed by atoms with Crippen molar-refractivity contribution in [1.82, 2.24) is 8.80 Å². The molecule has 4 aromatic heterocycles. The number of fused-ring (bicyclic) bond motifs is 2. The van der Waals surface area contributed by atoms with Gasteiger partial charge >= 0.3 is 11.9 Å². The number of halogens is 4. The molecule has 4 aromatic carbocycles. The van der Waals surface area contributed by atoms with Gasteiger partial charge in [-0.2, -0.15) is 0 Å². The second-order valence-electron chi connectivity index (χ2n) is 12.8.